The highest BCUT2D eigenvalue weighted by Gasteiger charge is 2.35. The predicted octanol–water partition coefficient (Wildman–Crippen LogP) is 1.43. The summed E-state index contributed by atoms with van der Waals surface area (Å²) in [6.07, 6.45) is 1.70. The summed E-state index contributed by atoms with van der Waals surface area (Å²) in [7, 11) is 0. The molecule has 0 aliphatic carbocycles. The number of piperidine rings is 1. The first kappa shape index (κ1) is 15.4. The zero-order valence-corrected chi connectivity index (χ0v) is 13.6. The highest BCUT2D eigenvalue weighted by molar-refractivity contribution is 9.08. The van der Waals surface area contributed by atoms with Crippen molar-refractivity contribution in [2.24, 2.45) is 0 Å². The summed E-state index contributed by atoms with van der Waals surface area (Å²) < 4.78 is 0. The van der Waals surface area contributed by atoms with Crippen molar-refractivity contribution in [1.82, 2.24) is 10.2 Å². The van der Waals surface area contributed by atoms with E-state index in [-0.39, 0.29) is 11.9 Å². The standard InChI is InChI=1S/C16H17BrN2O3/c17-6-10-1-3-13-11(5-10)8-19(16(13)22)12-2-4-14(18-7-12)15(21)9-20/h1,3,5,9,12,14,18H,2,4,6-8H2. The minimum atomic E-state index is -0.406. The second kappa shape index (κ2) is 6.30. The predicted molar refractivity (Wildman–Crippen MR) is 84.8 cm³/mol. The highest BCUT2D eigenvalue weighted by Crippen LogP contribution is 2.28. The number of rotatable bonds is 4. The van der Waals surface area contributed by atoms with Crippen LogP contribution in [0.5, 0.6) is 0 Å². The molecule has 1 aromatic carbocycles. The lowest BCUT2D eigenvalue weighted by molar-refractivity contribution is -0.131. The molecule has 0 bridgehead atoms. The van der Waals surface area contributed by atoms with E-state index in [0.717, 1.165) is 28.4 Å². The summed E-state index contributed by atoms with van der Waals surface area (Å²) in [5.41, 5.74) is 3.00. The van der Waals surface area contributed by atoms with E-state index < -0.39 is 11.8 Å². The van der Waals surface area contributed by atoms with Gasteiger partial charge in [0.05, 0.1) is 6.04 Å². The molecular formula is C16H17BrN2O3. The summed E-state index contributed by atoms with van der Waals surface area (Å²) in [6.45, 7) is 1.17. The number of nitrogens with zero attached hydrogens (tertiary/aromatic N) is 1. The van der Waals surface area contributed by atoms with E-state index in [2.05, 4.69) is 27.3 Å². The van der Waals surface area contributed by atoms with Crippen molar-refractivity contribution in [1.29, 1.82) is 0 Å². The Hall–Kier alpha value is -1.53. The van der Waals surface area contributed by atoms with Gasteiger partial charge in [0.2, 0.25) is 5.78 Å². The van der Waals surface area contributed by atoms with E-state index in [1.54, 1.807) is 0 Å². The molecule has 2 aliphatic heterocycles. The molecular weight excluding hydrogens is 348 g/mol. The average Bonchev–Trinajstić information content (AvgIpc) is 2.90. The summed E-state index contributed by atoms with van der Waals surface area (Å²) in [4.78, 5) is 36.3. The minimum absolute atomic E-state index is 0.0584. The van der Waals surface area contributed by atoms with Crippen LogP contribution in [0, 0.1) is 0 Å². The van der Waals surface area contributed by atoms with E-state index in [0.29, 0.717) is 25.8 Å². The first-order valence-corrected chi connectivity index (χ1v) is 8.47. The lowest BCUT2D eigenvalue weighted by atomic mass is 9.97. The number of carbonyl (C=O) groups excluding carboxylic acids is 3. The van der Waals surface area contributed by atoms with E-state index in [4.69, 9.17) is 0 Å². The van der Waals surface area contributed by atoms with E-state index in [1.807, 2.05) is 17.0 Å². The zero-order valence-electron chi connectivity index (χ0n) is 12.0. The highest BCUT2D eigenvalue weighted by atomic mass is 79.9. The lowest BCUT2D eigenvalue weighted by Gasteiger charge is -2.34. The third-order valence-electron chi connectivity index (χ3n) is 4.44. The third-order valence-corrected chi connectivity index (χ3v) is 5.09. The molecule has 1 amide bonds. The Morgan fingerprint density at radius 3 is 2.86 bits per heavy atom. The Morgan fingerprint density at radius 2 is 2.23 bits per heavy atom. The largest absolute Gasteiger partial charge is 0.330 e. The quantitative estimate of drug-likeness (QED) is 0.498. The van der Waals surface area contributed by atoms with Crippen LogP contribution in [0.1, 0.15) is 34.3 Å². The molecule has 0 radical (unpaired) electrons. The van der Waals surface area contributed by atoms with Gasteiger partial charge in [-0.2, -0.15) is 0 Å². The van der Waals surface area contributed by atoms with E-state index in [1.165, 1.54) is 0 Å². The minimum Gasteiger partial charge on any atom is -0.330 e. The van der Waals surface area contributed by atoms with Gasteiger partial charge < -0.3 is 10.2 Å². The van der Waals surface area contributed by atoms with Crippen LogP contribution < -0.4 is 5.32 Å². The van der Waals surface area contributed by atoms with Crippen molar-refractivity contribution < 1.29 is 14.4 Å². The van der Waals surface area contributed by atoms with Gasteiger partial charge >= 0.3 is 0 Å². The Balaban J connectivity index is 1.69. The molecule has 1 saturated heterocycles. The SMILES string of the molecule is O=CC(=O)C1CCC(N2Cc3cc(CBr)ccc3C2=O)CN1. The van der Waals surface area contributed by atoms with Gasteiger partial charge in [0.15, 0.2) is 6.29 Å². The van der Waals surface area contributed by atoms with Gasteiger partial charge in [-0.3, -0.25) is 14.4 Å². The molecule has 2 unspecified atom stereocenters. The number of halogens is 1. The first-order valence-electron chi connectivity index (χ1n) is 7.35. The van der Waals surface area contributed by atoms with Gasteiger partial charge in [-0.05, 0) is 30.0 Å². The van der Waals surface area contributed by atoms with Gasteiger partial charge in [0.1, 0.15) is 0 Å². The molecule has 116 valence electrons. The molecule has 2 aliphatic rings. The van der Waals surface area contributed by atoms with Crippen LogP contribution in [0.4, 0.5) is 0 Å². The maximum absolute atomic E-state index is 12.5. The number of amides is 1. The molecule has 1 N–H and O–H groups in total. The zero-order chi connectivity index (χ0) is 15.7. The molecule has 2 atom stereocenters. The molecule has 3 rings (SSSR count). The van der Waals surface area contributed by atoms with Crippen molar-refractivity contribution in [2.45, 2.75) is 36.8 Å². The Kier molecular flexibility index (Phi) is 4.40. The fraction of sp³-hybridized carbons (Fsp3) is 0.438. The molecule has 1 fully saturated rings. The van der Waals surface area contributed by atoms with Crippen LogP contribution in [0.15, 0.2) is 18.2 Å². The second-order valence-corrected chi connectivity index (χ2v) is 6.33. The Bertz CT molecular complexity index is 624. The van der Waals surface area contributed by atoms with E-state index >= 15 is 0 Å². The number of aldehydes is 1. The smallest absolute Gasteiger partial charge is 0.254 e. The summed E-state index contributed by atoms with van der Waals surface area (Å²) >= 11 is 3.43. The van der Waals surface area contributed by atoms with Gasteiger partial charge in [0.25, 0.3) is 5.91 Å². The normalized spacial score (nSPS) is 24.2. The van der Waals surface area contributed by atoms with Gasteiger partial charge in [-0.15, -0.1) is 0 Å². The van der Waals surface area contributed by atoms with Crippen molar-refractivity contribution in [3.05, 3.63) is 34.9 Å². The fourth-order valence-electron chi connectivity index (χ4n) is 3.21. The third kappa shape index (κ3) is 2.73. The number of nitrogens with one attached hydrogen (secondary N) is 1. The average molecular weight is 365 g/mol. The van der Waals surface area contributed by atoms with Gasteiger partial charge in [-0.25, -0.2) is 0 Å². The van der Waals surface area contributed by atoms with Crippen LogP contribution >= 0.6 is 15.9 Å². The number of fused-ring (bicyclic) bond motifs is 1. The fourth-order valence-corrected chi connectivity index (χ4v) is 3.56. The molecule has 22 heavy (non-hydrogen) atoms. The number of ketones is 1. The van der Waals surface area contributed by atoms with Crippen molar-refractivity contribution in [3.63, 3.8) is 0 Å². The number of benzene rings is 1. The van der Waals surface area contributed by atoms with E-state index in [9.17, 15) is 14.4 Å². The number of alkyl halides is 1. The number of hydrogen-bond acceptors (Lipinski definition) is 4. The maximum Gasteiger partial charge on any atom is 0.254 e. The van der Waals surface area contributed by atoms with Crippen molar-refractivity contribution in [2.75, 3.05) is 6.54 Å². The maximum atomic E-state index is 12.5. The summed E-state index contributed by atoms with van der Waals surface area (Å²) in [5, 5.41) is 3.86. The molecule has 0 spiro atoms. The van der Waals surface area contributed by atoms with Crippen LogP contribution in [0.3, 0.4) is 0 Å². The molecule has 1 aromatic rings. The van der Waals surface area contributed by atoms with Crippen LogP contribution in [0.2, 0.25) is 0 Å². The lowest BCUT2D eigenvalue weighted by Crippen LogP contribution is -2.52. The molecule has 0 saturated carbocycles. The topological polar surface area (TPSA) is 66.5 Å². The molecule has 2 heterocycles. The van der Waals surface area contributed by atoms with Crippen molar-refractivity contribution in [3.8, 4) is 0 Å². The van der Waals surface area contributed by atoms with Crippen LogP contribution in [-0.2, 0) is 21.5 Å². The monoisotopic (exact) mass is 364 g/mol. The van der Waals surface area contributed by atoms with Crippen molar-refractivity contribution >= 4 is 33.9 Å². The van der Waals surface area contributed by atoms with Crippen LogP contribution in [-0.4, -0.2) is 41.5 Å². The number of carbonyl (C=O) groups is 3. The van der Waals surface area contributed by atoms with Crippen LogP contribution in [0.25, 0.3) is 0 Å². The summed E-state index contributed by atoms with van der Waals surface area (Å²) in [6, 6.07) is 5.60. The molecule has 6 heteroatoms. The molecule has 0 aromatic heterocycles. The van der Waals surface area contributed by atoms with Gasteiger partial charge in [0, 0.05) is 30.0 Å². The number of hydrogen-bond donors (Lipinski definition) is 1. The Morgan fingerprint density at radius 1 is 1.41 bits per heavy atom. The Labute approximate surface area is 137 Å². The molecule has 5 nitrogen and oxygen atoms in total. The van der Waals surface area contributed by atoms with Gasteiger partial charge in [-0.1, -0.05) is 28.1 Å². The number of Topliss-reactive ketones (excluding diaryl/α,β-unsaturated/α-hetero) is 1. The second-order valence-electron chi connectivity index (χ2n) is 5.77. The summed E-state index contributed by atoms with van der Waals surface area (Å²) in [5.74, 6) is -0.348. The first-order chi connectivity index (χ1) is 10.6.